The van der Waals surface area contributed by atoms with Gasteiger partial charge in [0.05, 0.1) is 18.8 Å². The smallest absolute Gasteiger partial charge is 0.272 e. The van der Waals surface area contributed by atoms with E-state index in [0.717, 1.165) is 38.1 Å². The summed E-state index contributed by atoms with van der Waals surface area (Å²) < 4.78 is 0. The van der Waals surface area contributed by atoms with E-state index in [1.807, 2.05) is 6.92 Å². The van der Waals surface area contributed by atoms with Crippen LogP contribution in [0.15, 0.2) is 6.20 Å². The number of hydrogen-bond acceptors (Lipinski definition) is 3. The van der Waals surface area contributed by atoms with Gasteiger partial charge in [0.2, 0.25) is 0 Å². The molecule has 1 saturated heterocycles. The fraction of sp³-hybridized carbons (Fsp3) is 0.667. The summed E-state index contributed by atoms with van der Waals surface area (Å²) in [5.41, 5.74) is 0.530. The minimum absolute atomic E-state index is 0.0374. The van der Waals surface area contributed by atoms with Crippen molar-refractivity contribution in [3.8, 4) is 0 Å². The van der Waals surface area contributed by atoms with Crippen LogP contribution in [-0.4, -0.2) is 45.1 Å². The molecule has 0 aromatic carbocycles. The number of rotatable bonds is 3. The molecule has 0 saturated carbocycles. The number of aryl methyl sites for hydroxylation is 1. The number of hydrogen-bond donors (Lipinski definition) is 2. The highest BCUT2D eigenvalue weighted by Crippen LogP contribution is 2.18. The van der Waals surface area contributed by atoms with E-state index < -0.39 is 0 Å². The standard InChI is InChI=1S/C12H19N3O2/c1-2-11-13-7-10(14-11)12(17)15-6-4-3-5-9(15)8-16/h7,9,16H,2-6,8H2,1H3,(H,13,14). The number of H-pyrrole nitrogens is 1. The van der Waals surface area contributed by atoms with Gasteiger partial charge in [0.1, 0.15) is 11.5 Å². The van der Waals surface area contributed by atoms with Crippen molar-refractivity contribution in [2.24, 2.45) is 0 Å². The molecule has 0 aliphatic carbocycles. The summed E-state index contributed by atoms with van der Waals surface area (Å²) in [5, 5.41) is 9.29. The molecule has 1 atom stereocenters. The van der Waals surface area contributed by atoms with Crippen molar-refractivity contribution in [2.75, 3.05) is 13.2 Å². The number of aliphatic hydroxyl groups is 1. The van der Waals surface area contributed by atoms with E-state index in [2.05, 4.69) is 9.97 Å². The summed E-state index contributed by atoms with van der Waals surface area (Å²) in [6.45, 7) is 2.76. The molecule has 0 radical (unpaired) electrons. The van der Waals surface area contributed by atoms with Gasteiger partial charge in [-0.1, -0.05) is 6.92 Å². The average molecular weight is 237 g/mol. The van der Waals surface area contributed by atoms with Crippen LogP contribution in [0.3, 0.4) is 0 Å². The van der Waals surface area contributed by atoms with E-state index in [9.17, 15) is 9.90 Å². The molecule has 1 aromatic rings. The number of nitrogens with one attached hydrogen (secondary N) is 1. The molecule has 1 unspecified atom stereocenters. The number of nitrogens with zero attached hydrogens (tertiary/aromatic N) is 2. The number of piperidine rings is 1. The molecule has 1 aromatic heterocycles. The Labute approximate surface area is 101 Å². The Balaban J connectivity index is 2.12. The van der Waals surface area contributed by atoms with Crippen LogP contribution in [-0.2, 0) is 6.42 Å². The van der Waals surface area contributed by atoms with Crippen molar-refractivity contribution >= 4 is 5.91 Å². The molecule has 1 fully saturated rings. The van der Waals surface area contributed by atoms with E-state index in [-0.39, 0.29) is 18.6 Å². The van der Waals surface area contributed by atoms with Crippen LogP contribution in [0.5, 0.6) is 0 Å². The van der Waals surface area contributed by atoms with Crippen molar-refractivity contribution in [1.29, 1.82) is 0 Å². The van der Waals surface area contributed by atoms with Gasteiger partial charge >= 0.3 is 0 Å². The number of aliphatic hydroxyl groups excluding tert-OH is 1. The highest BCUT2D eigenvalue weighted by molar-refractivity contribution is 5.92. The number of imidazole rings is 1. The second kappa shape index (κ2) is 5.31. The maximum Gasteiger partial charge on any atom is 0.272 e. The molecule has 0 spiro atoms. The lowest BCUT2D eigenvalue weighted by atomic mass is 10.0. The number of carbonyl (C=O) groups excluding carboxylic acids is 1. The molecule has 2 rings (SSSR count). The minimum atomic E-state index is -0.0454. The van der Waals surface area contributed by atoms with Crippen molar-refractivity contribution in [1.82, 2.24) is 14.9 Å². The van der Waals surface area contributed by atoms with E-state index >= 15 is 0 Å². The highest BCUT2D eigenvalue weighted by atomic mass is 16.3. The SMILES string of the molecule is CCc1ncc(C(=O)N2CCCCC2CO)[nH]1. The third-order valence-electron chi connectivity index (χ3n) is 3.29. The third-order valence-corrected chi connectivity index (χ3v) is 3.29. The summed E-state index contributed by atoms with van der Waals surface area (Å²) in [7, 11) is 0. The van der Waals surface area contributed by atoms with Gasteiger partial charge in [0.15, 0.2) is 0 Å². The first-order valence-corrected chi connectivity index (χ1v) is 6.22. The second-order valence-electron chi connectivity index (χ2n) is 4.43. The second-order valence-corrected chi connectivity index (χ2v) is 4.43. The van der Waals surface area contributed by atoms with Crippen LogP contribution in [0, 0.1) is 0 Å². The fourth-order valence-electron chi connectivity index (χ4n) is 2.26. The molecule has 0 bridgehead atoms. The monoisotopic (exact) mass is 237 g/mol. The third kappa shape index (κ3) is 2.49. The molecule has 1 amide bonds. The molecule has 5 heteroatoms. The predicted octanol–water partition coefficient (Wildman–Crippen LogP) is 0.959. The Morgan fingerprint density at radius 1 is 1.65 bits per heavy atom. The lowest BCUT2D eigenvalue weighted by Crippen LogP contribution is -2.45. The van der Waals surface area contributed by atoms with Crippen molar-refractivity contribution in [3.63, 3.8) is 0 Å². The molecule has 5 nitrogen and oxygen atoms in total. The van der Waals surface area contributed by atoms with E-state index in [4.69, 9.17) is 0 Å². The normalized spacial score (nSPS) is 20.6. The summed E-state index contributed by atoms with van der Waals surface area (Å²) in [6.07, 6.45) is 5.35. The predicted molar refractivity (Wildman–Crippen MR) is 63.7 cm³/mol. The number of likely N-dealkylation sites (tertiary alicyclic amines) is 1. The lowest BCUT2D eigenvalue weighted by molar-refractivity contribution is 0.0498. The zero-order valence-electron chi connectivity index (χ0n) is 10.1. The van der Waals surface area contributed by atoms with Gasteiger partial charge in [0.25, 0.3) is 5.91 Å². The van der Waals surface area contributed by atoms with Crippen LogP contribution >= 0.6 is 0 Å². The van der Waals surface area contributed by atoms with Crippen LogP contribution in [0.1, 0.15) is 42.5 Å². The van der Waals surface area contributed by atoms with Crippen LogP contribution in [0.2, 0.25) is 0 Å². The van der Waals surface area contributed by atoms with Crippen molar-refractivity contribution < 1.29 is 9.90 Å². The van der Waals surface area contributed by atoms with Crippen LogP contribution in [0.25, 0.3) is 0 Å². The first-order valence-electron chi connectivity index (χ1n) is 6.22. The maximum absolute atomic E-state index is 12.2. The van der Waals surface area contributed by atoms with Gasteiger partial charge in [-0.05, 0) is 19.3 Å². The number of aromatic nitrogens is 2. The Bertz CT molecular complexity index is 389. The van der Waals surface area contributed by atoms with Gasteiger partial charge < -0.3 is 15.0 Å². The van der Waals surface area contributed by atoms with Gasteiger partial charge in [-0.3, -0.25) is 4.79 Å². The molecule has 17 heavy (non-hydrogen) atoms. The van der Waals surface area contributed by atoms with Gasteiger partial charge in [0, 0.05) is 13.0 Å². The van der Waals surface area contributed by atoms with E-state index in [1.165, 1.54) is 0 Å². The zero-order valence-corrected chi connectivity index (χ0v) is 10.1. The summed E-state index contributed by atoms with van der Waals surface area (Å²) >= 11 is 0. The first-order chi connectivity index (χ1) is 8.26. The molecule has 2 N–H and O–H groups in total. The summed E-state index contributed by atoms with van der Waals surface area (Å²) in [5.74, 6) is 0.779. The number of carbonyl (C=O) groups is 1. The Kier molecular flexibility index (Phi) is 3.78. The molecular weight excluding hydrogens is 218 g/mol. The summed E-state index contributed by atoms with van der Waals surface area (Å²) in [4.78, 5) is 21.2. The van der Waals surface area contributed by atoms with Crippen molar-refractivity contribution in [2.45, 2.75) is 38.6 Å². The van der Waals surface area contributed by atoms with E-state index in [1.54, 1.807) is 11.1 Å². The van der Waals surface area contributed by atoms with Gasteiger partial charge in [-0.2, -0.15) is 0 Å². The number of amides is 1. The van der Waals surface area contributed by atoms with Crippen LogP contribution < -0.4 is 0 Å². The first kappa shape index (κ1) is 12.1. The summed E-state index contributed by atoms with van der Waals surface area (Å²) in [6, 6.07) is -0.0374. The topological polar surface area (TPSA) is 69.2 Å². The molecule has 1 aliphatic rings. The van der Waals surface area contributed by atoms with Gasteiger partial charge in [-0.25, -0.2) is 4.98 Å². The molecule has 94 valence electrons. The van der Waals surface area contributed by atoms with Crippen molar-refractivity contribution in [3.05, 3.63) is 17.7 Å². The Morgan fingerprint density at radius 2 is 2.47 bits per heavy atom. The maximum atomic E-state index is 12.2. The lowest BCUT2D eigenvalue weighted by Gasteiger charge is -2.34. The largest absolute Gasteiger partial charge is 0.394 e. The zero-order chi connectivity index (χ0) is 12.3. The Hall–Kier alpha value is -1.36. The minimum Gasteiger partial charge on any atom is -0.394 e. The fourth-order valence-corrected chi connectivity index (χ4v) is 2.26. The Morgan fingerprint density at radius 3 is 3.12 bits per heavy atom. The highest BCUT2D eigenvalue weighted by Gasteiger charge is 2.27. The van der Waals surface area contributed by atoms with Crippen LogP contribution in [0.4, 0.5) is 0 Å². The van der Waals surface area contributed by atoms with E-state index in [0.29, 0.717) is 5.69 Å². The molecule has 1 aliphatic heterocycles. The molecular formula is C12H19N3O2. The number of aromatic amines is 1. The quantitative estimate of drug-likeness (QED) is 0.822. The average Bonchev–Trinajstić information content (AvgIpc) is 2.86. The van der Waals surface area contributed by atoms with Gasteiger partial charge in [-0.15, -0.1) is 0 Å². The molecule has 2 heterocycles.